The minimum absolute atomic E-state index is 0.0313. The number of carbonyl (C=O) groups is 1. The van der Waals surface area contributed by atoms with Crippen molar-refractivity contribution in [2.24, 2.45) is 0 Å². The average molecular weight is 380 g/mol. The van der Waals surface area contributed by atoms with Crippen LogP contribution in [0.3, 0.4) is 0 Å². The van der Waals surface area contributed by atoms with Gasteiger partial charge in [-0.3, -0.25) is 0 Å². The summed E-state index contributed by atoms with van der Waals surface area (Å²) in [4.78, 5) is 20.4. The smallest absolute Gasteiger partial charge is 0.358 e. The lowest BCUT2D eigenvalue weighted by molar-refractivity contribution is 0.0462. The maximum Gasteiger partial charge on any atom is 0.358 e. The molecule has 140 valence electrons. The Morgan fingerprint density at radius 2 is 1.36 bits per heavy atom. The number of ether oxygens (including phenoxy) is 1. The summed E-state index contributed by atoms with van der Waals surface area (Å²) in [6.07, 6.45) is 6.21. The van der Waals surface area contributed by atoms with Crippen LogP contribution in [0, 0.1) is 11.6 Å². The van der Waals surface area contributed by atoms with Crippen molar-refractivity contribution in [1.82, 2.24) is 19.1 Å². The van der Waals surface area contributed by atoms with Gasteiger partial charge in [0.05, 0.1) is 12.0 Å². The van der Waals surface area contributed by atoms with Crippen LogP contribution in [0.15, 0.2) is 73.6 Å². The third kappa shape index (κ3) is 3.80. The van der Waals surface area contributed by atoms with Gasteiger partial charge < -0.3 is 13.9 Å². The van der Waals surface area contributed by atoms with E-state index in [2.05, 4.69) is 9.97 Å². The molecule has 2 aromatic carbocycles. The molecule has 0 amide bonds. The molecule has 2 aromatic heterocycles. The third-order valence-electron chi connectivity index (χ3n) is 4.03. The van der Waals surface area contributed by atoms with E-state index in [1.54, 1.807) is 45.9 Å². The SMILES string of the molecule is O=C(OCc1cn(-c2ccc(F)cc2)cn1)c1cn(-c2ccc(F)cc2)cn1. The number of esters is 1. The molecule has 0 bridgehead atoms. The summed E-state index contributed by atoms with van der Waals surface area (Å²) in [6.45, 7) is -0.0313. The van der Waals surface area contributed by atoms with E-state index in [1.165, 1.54) is 36.8 Å². The van der Waals surface area contributed by atoms with Gasteiger partial charge in [0.25, 0.3) is 0 Å². The lowest BCUT2D eigenvalue weighted by Gasteiger charge is -2.02. The fourth-order valence-corrected chi connectivity index (χ4v) is 2.59. The molecule has 0 N–H and O–H groups in total. The van der Waals surface area contributed by atoms with Gasteiger partial charge in [-0.2, -0.15) is 0 Å². The standard InChI is InChI=1S/C20H14F2N4O2/c21-14-1-5-17(6-2-14)25-9-16(23-12-25)11-28-20(27)19-10-26(13-24-19)18-7-3-15(22)4-8-18/h1-10,12-13H,11H2. The van der Waals surface area contributed by atoms with Crippen molar-refractivity contribution < 1.29 is 18.3 Å². The van der Waals surface area contributed by atoms with Crippen LogP contribution in [0.2, 0.25) is 0 Å². The van der Waals surface area contributed by atoms with Crippen molar-refractivity contribution in [3.8, 4) is 11.4 Å². The number of hydrogen-bond acceptors (Lipinski definition) is 4. The molecule has 0 atom stereocenters. The summed E-state index contributed by atoms with van der Waals surface area (Å²) in [5.41, 5.74) is 2.08. The Morgan fingerprint density at radius 1 is 0.821 bits per heavy atom. The maximum absolute atomic E-state index is 13.0. The molecule has 4 rings (SSSR count). The van der Waals surface area contributed by atoms with E-state index in [9.17, 15) is 13.6 Å². The second kappa shape index (κ2) is 7.43. The van der Waals surface area contributed by atoms with Crippen molar-refractivity contribution in [3.63, 3.8) is 0 Å². The van der Waals surface area contributed by atoms with Crippen LogP contribution in [-0.2, 0) is 11.3 Å². The number of aromatic nitrogens is 4. The number of hydrogen-bond donors (Lipinski definition) is 0. The molecule has 0 saturated heterocycles. The molecule has 2 heterocycles. The number of nitrogens with zero attached hydrogens (tertiary/aromatic N) is 4. The zero-order valence-corrected chi connectivity index (χ0v) is 14.5. The number of carbonyl (C=O) groups excluding carboxylic acids is 1. The molecule has 0 aliphatic heterocycles. The minimum Gasteiger partial charge on any atom is -0.454 e. The van der Waals surface area contributed by atoms with Crippen LogP contribution in [0.1, 0.15) is 16.2 Å². The summed E-state index contributed by atoms with van der Waals surface area (Å²) >= 11 is 0. The van der Waals surface area contributed by atoms with E-state index >= 15 is 0 Å². The highest BCUT2D eigenvalue weighted by atomic mass is 19.1. The molecule has 0 saturated carbocycles. The molecular formula is C20H14F2N4O2. The number of imidazole rings is 2. The summed E-state index contributed by atoms with van der Waals surface area (Å²) in [5.74, 6) is -1.26. The van der Waals surface area contributed by atoms with E-state index in [0.717, 1.165) is 5.69 Å². The van der Waals surface area contributed by atoms with Crippen molar-refractivity contribution in [2.75, 3.05) is 0 Å². The predicted molar refractivity (Wildman–Crippen MR) is 96.2 cm³/mol. The molecule has 0 unspecified atom stereocenters. The first-order valence-electron chi connectivity index (χ1n) is 8.34. The molecule has 0 radical (unpaired) electrons. The van der Waals surface area contributed by atoms with Crippen LogP contribution in [0.4, 0.5) is 8.78 Å². The van der Waals surface area contributed by atoms with Crippen molar-refractivity contribution in [3.05, 3.63) is 96.6 Å². The van der Waals surface area contributed by atoms with Crippen molar-refractivity contribution in [1.29, 1.82) is 0 Å². The third-order valence-corrected chi connectivity index (χ3v) is 4.03. The first-order chi connectivity index (χ1) is 13.6. The molecule has 0 fully saturated rings. The summed E-state index contributed by atoms with van der Waals surface area (Å²) in [6, 6.07) is 11.8. The Kier molecular flexibility index (Phi) is 4.67. The average Bonchev–Trinajstić information content (AvgIpc) is 3.37. The molecule has 0 aliphatic carbocycles. The lowest BCUT2D eigenvalue weighted by atomic mass is 10.3. The fraction of sp³-hybridized carbons (Fsp3) is 0.0500. The van der Waals surface area contributed by atoms with Gasteiger partial charge in [-0.05, 0) is 48.5 Å². The Labute approximate surface area is 158 Å². The quantitative estimate of drug-likeness (QED) is 0.496. The molecule has 6 nitrogen and oxygen atoms in total. The highest BCUT2D eigenvalue weighted by Gasteiger charge is 2.13. The van der Waals surface area contributed by atoms with Crippen LogP contribution in [-0.4, -0.2) is 25.1 Å². The minimum atomic E-state index is -0.600. The molecule has 8 heteroatoms. The lowest BCUT2D eigenvalue weighted by Crippen LogP contribution is -2.06. The van der Waals surface area contributed by atoms with Gasteiger partial charge in [0.1, 0.15) is 24.6 Å². The summed E-state index contributed by atoms with van der Waals surface area (Å²) < 4.78 is 34.5. The van der Waals surface area contributed by atoms with Gasteiger partial charge in [0, 0.05) is 23.8 Å². The topological polar surface area (TPSA) is 61.9 Å². The van der Waals surface area contributed by atoms with E-state index in [-0.39, 0.29) is 23.9 Å². The highest BCUT2D eigenvalue weighted by Crippen LogP contribution is 2.13. The predicted octanol–water partition coefficient (Wildman–Crippen LogP) is 3.69. The number of halogens is 2. The second-order valence-electron chi connectivity index (χ2n) is 5.97. The van der Waals surface area contributed by atoms with Crippen molar-refractivity contribution in [2.45, 2.75) is 6.61 Å². The molecular weight excluding hydrogens is 366 g/mol. The largest absolute Gasteiger partial charge is 0.454 e. The van der Waals surface area contributed by atoms with Gasteiger partial charge in [0.15, 0.2) is 5.69 Å². The Balaban J connectivity index is 1.40. The number of benzene rings is 2. The van der Waals surface area contributed by atoms with Gasteiger partial charge >= 0.3 is 5.97 Å². The molecule has 0 spiro atoms. The molecule has 4 aromatic rings. The van der Waals surface area contributed by atoms with Gasteiger partial charge in [-0.15, -0.1) is 0 Å². The molecule has 0 aliphatic rings. The monoisotopic (exact) mass is 380 g/mol. The zero-order valence-electron chi connectivity index (χ0n) is 14.5. The first-order valence-corrected chi connectivity index (χ1v) is 8.34. The van der Waals surface area contributed by atoms with Crippen LogP contribution >= 0.6 is 0 Å². The first kappa shape index (κ1) is 17.6. The van der Waals surface area contributed by atoms with E-state index < -0.39 is 5.97 Å². The summed E-state index contributed by atoms with van der Waals surface area (Å²) in [7, 11) is 0. The Bertz CT molecular complexity index is 1100. The second-order valence-corrected chi connectivity index (χ2v) is 5.97. The van der Waals surface area contributed by atoms with Crippen LogP contribution in [0.25, 0.3) is 11.4 Å². The van der Waals surface area contributed by atoms with Gasteiger partial charge in [-0.1, -0.05) is 0 Å². The number of rotatable bonds is 5. The van der Waals surface area contributed by atoms with E-state index in [1.807, 2.05) is 0 Å². The summed E-state index contributed by atoms with van der Waals surface area (Å²) in [5, 5.41) is 0. The van der Waals surface area contributed by atoms with Crippen LogP contribution in [0.5, 0.6) is 0 Å². The van der Waals surface area contributed by atoms with Crippen molar-refractivity contribution >= 4 is 5.97 Å². The Morgan fingerprint density at radius 3 is 1.96 bits per heavy atom. The van der Waals surface area contributed by atoms with Gasteiger partial charge in [0.2, 0.25) is 0 Å². The maximum atomic E-state index is 13.0. The van der Waals surface area contributed by atoms with E-state index in [4.69, 9.17) is 4.74 Å². The van der Waals surface area contributed by atoms with Gasteiger partial charge in [-0.25, -0.2) is 23.5 Å². The normalized spacial score (nSPS) is 10.8. The Hall–Kier alpha value is -3.81. The highest BCUT2D eigenvalue weighted by molar-refractivity contribution is 5.87. The van der Waals surface area contributed by atoms with Crippen LogP contribution < -0.4 is 0 Å². The van der Waals surface area contributed by atoms with E-state index in [0.29, 0.717) is 11.4 Å². The fourth-order valence-electron chi connectivity index (χ4n) is 2.59. The zero-order chi connectivity index (χ0) is 19.5. The molecule has 28 heavy (non-hydrogen) atoms.